The molecule has 0 saturated carbocycles. The van der Waals surface area contributed by atoms with E-state index in [1.807, 2.05) is 12.3 Å². The summed E-state index contributed by atoms with van der Waals surface area (Å²) in [6.07, 6.45) is 3.92. The van der Waals surface area contributed by atoms with Gasteiger partial charge in [0.25, 0.3) is 0 Å². The maximum absolute atomic E-state index is 12.9. The Morgan fingerprint density at radius 3 is 2.59 bits per heavy atom. The van der Waals surface area contributed by atoms with E-state index in [1.165, 1.54) is 17.1 Å². The van der Waals surface area contributed by atoms with Crippen LogP contribution >= 0.6 is 0 Å². The predicted octanol–water partition coefficient (Wildman–Crippen LogP) is 2.09. The highest BCUT2D eigenvalue weighted by Crippen LogP contribution is 2.26. The van der Waals surface area contributed by atoms with Crippen LogP contribution in [0, 0.1) is 0 Å². The number of benzene rings is 1. The van der Waals surface area contributed by atoms with E-state index < -0.39 is 16.1 Å². The average molecular weight is 414 g/mol. The van der Waals surface area contributed by atoms with Gasteiger partial charge in [-0.15, -0.1) is 5.10 Å². The van der Waals surface area contributed by atoms with Crippen molar-refractivity contribution in [3.05, 3.63) is 54.5 Å². The smallest absolute Gasteiger partial charge is 0.243 e. The fraction of sp³-hybridized carbons (Fsp3) is 0.400. The number of aromatic nitrogens is 3. The number of pyridine rings is 1. The number of nitrogens with zero attached hydrogens (tertiary/aromatic N) is 5. The van der Waals surface area contributed by atoms with Crippen molar-refractivity contribution in [1.82, 2.24) is 18.9 Å². The van der Waals surface area contributed by atoms with Gasteiger partial charge in [-0.05, 0) is 37.1 Å². The molecular formula is C20H23N5O3S. The van der Waals surface area contributed by atoms with E-state index in [0.29, 0.717) is 23.9 Å². The van der Waals surface area contributed by atoms with E-state index >= 15 is 0 Å². The second-order valence-electron chi connectivity index (χ2n) is 7.39. The van der Waals surface area contributed by atoms with Crippen LogP contribution in [0.2, 0.25) is 0 Å². The van der Waals surface area contributed by atoms with Crippen LogP contribution in [0.3, 0.4) is 0 Å². The summed E-state index contributed by atoms with van der Waals surface area (Å²) in [5.41, 5.74) is 1.86. The lowest BCUT2D eigenvalue weighted by Crippen LogP contribution is -2.42. The topological polar surface area (TPSA) is 80.0 Å². The summed E-state index contributed by atoms with van der Waals surface area (Å²) < 4.78 is 34.9. The minimum atomic E-state index is -3.57. The molecule has 3 aromatic rings. The molecule has 1 atom stereocenters. The number of rotatable bonds is 4. The Balaban J connectivity index is 1.39. The molecule has 0 bridgehead atoms. The first kappa shape index (κ1) is 18.5. The van der Waals surface area contributed by atoms with Crippen LogP contribution in [0.4, 0.5) is 5.69 Å². The Morgan fingerprint density at radius 2 is 1.79 bits per heavy atom. The first-order chi connectivity index (χ1) is 14.1. The third-order valence-electron chi connectivity index (χ3n) is 5.50. The number of fused-ring (bicyclic) bond motifs is 1. The van der Waals surface area contributed by atoms with Crippen molar-refractivity contribution in [3.8, 4) is 0 Å². The Kier molecular flexibility index (Phi) is 4.73. The predicted molar refractivity (Wildman–Crippen MR) is 108 cm³/mol. The summed E-state index contributed by atoms with van der Waals surface area (Å²) in [5.74, 6) is 0.511. The minimum Gasteiger partial charge on any atom is -0.370 e. The minimum absolute atomic E-state index is 0.201. The van der Waals surface area contributed by atoms with E-state index in [0.717, 1.165) is 24.4 Å². The zero-order chi connectivity index (χ0) is 19.8. The molecule has 0 unspecified atom stereocenters. The van der Waals surface area contributed by atoms with Gasteiger partial charge in [-0.1, -0.05) is 18.2 Å². The third kappa shape index (κ3) is 3.50. The number of sulfonamides is 1. The summed E-state index contributed by atoms with van der Waals surface area (Å²) in [5, 5.41) is 4.59. The Morgan fingerprint density at radius 1 is 1.00 bits per heavy atom. The summed E-state index contributed by atoms with van der Waals surface area (Å²) >= 11 is 0. The number of hydrogen-bond acceptors (Lipinski definition) is 6. The van der Waals surface area contributed by atoms with E-state index in [2.05, 4.69) is 21.0 Å². The van der Waals surface area contributed by atoms with Crippen LogP contribution < -0.4 is 4.90 Å². The van der Waals surface area contributed by atoms with Crippen molar-refractivity contribution >= 4 is 21.4 Å². The molecule has 0 amide bonds. The standard InChI is InChI=1S/C20H23N5O3S/c26-29(27,17-6-2-1-3-7-17)24-12-13-28-18(15-24)20-21-19-9-8-16(14-25(19)22-20)23-10-4-5-11-23/h1-3,6-9,14,18H,4-5,10-13,15H2/t18-/m1/s1. The maximum Gasteiger partial charge on any atom is 0.243 e. The molecule has 2 saturated heterocycles. The lowest BCUT2D eigenvalue weighted by atomic mass is 10.3. The van der Waals surface area contributed by atoms with Crippen LogP contribution in [0.25, 0.3) is 5.65 Å². The highest BCUT2D eigenvalue weighted by Gasteiger charge is 2.33. The molecule has 0 spiro atoms. The van der Waals surface area contributed by atoms with Gasteiger partial charge < -0.3 is 9.64 Å². The average Bonchev–Trinajstić information content (AvgIpc) is 3.44. The summed E-state index contributed by atoms with van der Waals surface area (Å²) in [4.78, 5) is 7.21. The second kappa shape index (κ2) is 7.40. The number of morpholine rings is 1. The Bertz CT molecular complexity index is 1110. The Hall–Kier alpha value is -2.49. The van der Waals surface area contributed by atoms with Crippen LogP contribution in [-0.4, -0.2) is 60.1 Å². The monoisotopic (exact) mass is 413 g/mol. The molecule has 29 heavy (non-hydrogen) atoms. The van der Waals surface area contributed by atoms with Gasteiger partial charge in [0.2, 0.25) is 10.0 Å². The molecule has 8 nitrogen and oxygen atoms in total. The van der Waals surface area contributed by atoms with E-state index in [-0.39, 0.29) is 6.54 Å². The molecule has 4 heterocycles. The molecule has 2 aliphatic rings. The van der Waals surface area contributed by atoms with Crippen LogP contribution in [0.15, 0.2) is 53.6 Å². The lowest BCUT2D eigenvalue weighted by Gasteiger charge is -2.30. The van der Waals surface area contributed by atoms with Crippen LogP contribution in [0.1, 0.15) is 24.8 Å². The summed E-state index contributed by atoms with van der Waals surface area (Å²) in [6, 6.07) is 12.5. The Labute approximate surface area is 169 Å². The number of anilines is 1. The van der Waals surface area contributed by atoms with Gasteiger partial charge in [-0.25, -0.2) is 17.9 Å². The van der Waals surface area contributed by atoms with E-state index in [1.54, 1.807) is 34.8 Å². The second-order valence-corrected chi connectivity index (χ2v) is 9.33. The largest absolute Gasteiger partial charge is 0.370 e. The van der Waals surface area contributed by atoms with E-state index in [9.17, 15) is 8.42 Å². The molecule has 2 aromatic heterocycles. The molecule has 0 radical (unpaired) electrons. The van der Waals surface area contributed by atoms with Crippen molar-refractivity contribution < 1.29 is 13.2 Å². The first-order valence-electron chi connectivity index (χ1n) is 9.89. The number of ether oxygens (including phenoxy) is 1. The molecule has 152 valence electrons. The van der Waals surface area contributed by atoms with E-state index in [4.69, 9.17) is 4.74 Å². The van der Waals surface area contributed by atoms with Crippen molar-refractivity contribution in [2.24, 2.45) is 0 Å². The first-order valence-corrected chi connectivity index (χ1v) is 11.3. The molecule has 2 fully saturated rings. The van der Waals surface area contributed by atoms with Gasteiger partial charge >= 0.3 is 0 Å². The zero-order valence-corrected chi connectivity index (χ0v) is 16.8. The zero-order valence-electron chi connectivity index (χ0n) is 16.0. The molecular weight excluding hydrogens is 390 g/mol. The van der Waals surface area contributed by atoms with Gasteiger partial charge in [0, 0.05) is 26.2 Å². The fourth-order valence-electron chi connectivity index (χ4n) is 3.93. The SMILES string of the molecule is O=S(=O)(c1ccccc1)N1CCO[C@@H](c2nc3ccc(N4CCCC4)cn3n2)C1. The van der Waals surface area contributed by atoms with Crippen molar-refractivity contribution in [3.63, 3.8) is 0 Å². The summed E-state index contributed by atoms with van der Waals surface area (Å²) in [6.45, 7) is 2.95. The van der Waals surface area contributed by atoms with Gasteiger partial charge in [-0.2, -0.15) is 4.31 Å². The van der Waals surface area contributed by atoms with Crippen molar-refractivity contribution in [2.45, 2.75) is 23.8 Å². The molecule has 0 aliphatic carbocycles. The quantitative estimate of drug-likeness (QED) is 0.652. The number of hydrogen-bond donors (Lipinski definition) is 0. The van der Waals surface area contributed by atoms with Crippen LogP contribution in [-0.2, 0) is 14.8 Å². The molecule has 9 heteroatoms. The fourth-order valence-corrected chi connectivity index (χ4v) is 5.38. The molecule has 0 N–H and O–H groups in total. The molecule has 5 rings (SSSR count). The lowest BCUT2D eigenvalue weighted by molar-refractivity contribution is -0.00737. The van der Waals surface area contributed by atoms with Crippen molar-refractivity contribution in [2.75, 3.05) is 37.7 Å². The van der Waals surface area contributed by atoms with Gasteiger partial charge in [0.1, 0.15) is 6.10 Å². The van der Waals surface area contributed by atoms with Gasteiger partial charge in [-0.3, -0.25) is 0 Å². The molecule has 2 aliphatic heterocycles. The van der Waals surface area contributed by atoms with Gasteiger partial charge in [0.15, 0.2) is 11.5 Å². The maximum atomic E-state index is 12.9. The highest BCUT2D eigenvalue weighted by atomic mass is 32.2. The highest BCUT2D eigenvalue weighted by molar-refractivity contribution is 7.89. The molecule has 1 aromatic carbocycles. The summed E-state index contributed by atoms with van der Waals surface area (Å²) in [7, 11) is -3.57. The third-order valence-corrected chi connectivity index (χ3v) is 7.38. The van der Waals surface area contributed by atoms with Crippen LogP contribution in [0.5, 0.6) is 0 Å². The normalized spacial score (nSPS) is 21.1. The van der Waals surface area contributed by atoms with Gasteiger partial charge in [0.05, 0.1) is 23.4 Å². The van der Waals surface area contributed by atoms with Crippen molar-refractivity contribution in [1.29, 1.82) is 0 Å².